The topological polar surface area (TPSA) is 63.6 Å². The zero-order valence-corrected chi connectivity index (χ0v) is 13.5. The Bertz CT molecular complexity index is 511. The van der Waals surface area contributed by atoms with Gasteiger partial charge in [0.05, 0.1) is 17.6 Å². The van der Waals surface area contributed by atoms with Crippen molar-refractivity contribution in [1.82, 2.24) is 0 Å². The first-order valence-corrected chi connectivity index (χ1v) is 8.78. The van der Waals surface area contributed by atoms with Gasteiger partial charge >= 0.3 is 0 Å². The summed E-state index contributed by atoms with van der Waals surface area (Å²) in [5, 5.41) is 9.63. The molecule has 1 atom stereocenters. The maximum atomic E-state index is 11.6. The minimum Gasteiger partial charge on any atom is -0.492 e. The largest absolute Gasteiger partial charge is 0.492 e. The molecule has 4 nitrogen and oxygen atoms in total. The minimum absolute atomic E-state index is 0.00734. The molecule has 0 radical (unpaired) electrons. The standard InChI is InChI=1S/C13H19BrO4S/c1-3-7-19(16,17)8-6-18-13-9-11(14)4-5-12(13)10(2)15/h4-5,9-10,15H,3,6-8H2,1-2H3/t10-/m1/s1. The summed E-state index contributed by atoms with van der Waals surface area (Å²) in [5.74, 6) is 0.682. The van der Waals surface area contributed by atoms with Crippen LogP contribution in [0.5, 0.6) is 5.75 Å². The first-order valence-electron chi connectivity index (χ1n) is 6.16. The Morgan fingerprint density at radius 2 is 2.05 bits per heavy atom. The number of ether oxygens (including phenoxy) is 1. The Hall–Kier alpha value is -0.590. The molecule has 0 bridgehead atoms. The lowest BCUT2D eigenvalue weighted by molar-refractivity contribution is 0.192. The third kappa shape index (κ3) is 5.50. The summed E-state index contributed by atoms with van der Waals surface area (Å²) in [5.41, 5.74) is 0.649. The van der Waals surface area contributed by atoms with Gasteiger partial charge in [0, 0.05) is 10.0 Å². The van der Waals surface area contributed by atoms with E-state index in [0.29, 0.717) is 17.7 Å². The fraction of sp³-hybridized carbons (Fsp3) is 0.538. The summed E-state index contributed by atoms with van der Waals surface area (Å²) in [6.07, 6.45) is -0.0478. The van der Waals surface area contributed by atoms with Crippen molar-refractivity contribution in [2.45, 2.75) is 26.4 Å². The Balaban J connectivity index is 2.70. The van der Waals surface area contributed by atoms with Crippen LogP contribution in [0.25, 0.3) is 0 Å². The Kier molecular flexibility index (Phi) is 6.29. The van der Waals surface area contributed by atoms with Gasteiger partial charge in [0.1, 0.15) is 12.4 Å². The molecule has 1 aromatic rings. The summed E-state index contributed by atoms with van der Waals surface area (Å²) >= 11 is 3.32. The first-order chi connectivity index (χ1) is 8.85. The number of halogens is 1. The lowest BCUT2D eigenvalue weighted by atomic mass is 10.1. The molecule has 108 valence electrons. The highest BCUT2D eigenvalue weighted by molar-refractivity contribution is 9.10. The van der Waals surface area contributed by atoms with Gasteiger partial charge < -0.3 is 9.84 Å². The molecule has 0 spiro atoms. The van der Waals surface area contributed by atoms with E-state index < -0.39 is 15.9 Å². The van der Waals surface area contributed by atoms with Gasteiger partial charge in [0.15, 0.2) is 9.84 Å². The molecule has 0 amide bonds. The van der Waals surface area contributed by atoms with Crippen LogP contribution >= 0.6 is 15.9 Å². The molecule has 0 fully saturated rings. The van der Waals surface area contributed by atoms with E-state index in [1.807, 2.05) is 13.0 Å². The number of hydrogen-bond acceptors (Lipinski definition) is 4. The van der Waals surface area contributed by atoms with Crippen LogP contribution in [0.15, 0.2) is 22.7 Å². The molecule has 0 aromatic heterocycles. The Morgan fingerprint density at radius 3 is 2.63 bits per heavy atom. The maximum absolute atomic E-state index is 11.6. The van der Waals surface area contributed by atoms with Gasteiger partial charge in [-0.2, -0.15) is 0 Å². The number of aliphatic hydroxyl groups excluding tert-OH is 1. The highest BCUT2D eigenvalue weighted by Crippen LogP contribution is 2.28. The molecule has 0 unspecified atom stereocenters. The molecule has 0 aliphatic heterocycles. The Labute approximate surface area is 122 Å². The van der Waals surface area contributed by atoms with Crippen molar-refractivity contribution < 1.29 is 18.3 Å². The van der Waals surface area contributed by atoms with Crippen LogP contribution in [0.4, 0.5) is 0 Å². The lowest BCUT2D eigenvalue weighted by Gasteiger charge is -2.14. The van der Waals surface area contributed by atoms with E-state index >= 15 is 0 Å². The third-order valence-electron chi connectivity index (χ3n) is 2.59. The van der Waals surface area contributed by atoms with Crippen molar-refractivity contribution in [2.75, 3.05) is 18.1 Å². The second kappa shape index (κ2) is 7.26. The molecule has 0 aliphatic rings. The van der Waals surface area contributed by atoms with Crippen LogP contribution in [0.3, 0.4) is 0 Å². The van der Waals surface area contributed by atoms with Crippen LogP contribution in [0, 0.1) is 0 Å². The molecular formula is C13H19BrO4S. The predicted molar refractivity (Wildman–Crippen MR) is 79.2 cm³/mol. The number of rotatable bonds is 7. The van der Waals surface area contributed by atoms with Gasteiger partial charge in [-0.15, -0.1) is 0 Å². The van der Waals surface area contributed by atoms with Crippen molar-refractivity contribution in [1.29, 1.82) is 0 Å². The molecule has 0 aliphatic carbocycles. The Morgan fingerprint density at radius 1 is 1.37 bits per heavy atom. The summed E-state index contributed by atoms with van der Waals surface area (Å²) < 4.78 is 29.5. The second-order valence-electron chi connectivity index (χ2n) is 4.36. The van der Waals surface area contributed by atoms with Crippen LogP contribution < -0.4 is 4.74 Å². The number of sulfone groups is 1. The number of benzene rings is 1. The fourth-order valence-corrected chi connectivity index (χ4v) is 3.17. The van der Waals surface area contributed by atoms with Gasteiger partial charge in [-0.3, -0.25) is 0 Å². The summed E-state index contributed by atoms with van der Waals surface area (Å²) in [6.45, 7) is 3.57. The van der Waals surface area contributed by atoms with Gasteiger partial charge in [-0.1, -0.05) is 28.9 Å². The van der Waals surface area contributed by atoms with Crippen molar-refractivity contribution in [3.05, 3.63) is 28.2 Å². The molecular weight excluding hydrogens is 332 g/mol. The van der Waals surface area contributed by atoms with Gasteiger partial charge in [0.2, 0.25) is 0 Å². The third-order valence-corrected chi connectivity index (χ3v) is 4.90. The van der Waals surface area contributed by atoms with Crippen LogP contribution in [-0.4, -0.2) is 31.6 Å². The quantitative estimate of drug-likeness (QED) is 0.820. The normalized spacial score (nSPS) is 13.3. The monoisotopic (exact) mass is 350 g/mol. The van der Waals surface area contributed by atoms with Gasteiger partial charge in [-0.25, -0.2) is 8.42 Å². The highest BCUT2D eigenvalue weighted by Gasteiger charge is 2.13. The predicted octanol–water partition coefficient (Wildman–Crippen LogP) is 2.71. The molecule has 6 heteroatoms. The lowest BCUT2D eigenvalue weighted by Crippen LogP contribution is -2.17. The van der Waals surface area contributed by atoms with Crippen molar-refractivity contribution in [2.24, 2.45) is 0 Å². The first kappa shape index (κ1) is 16.5. The summed E-state index contributed by atoms with van der Waals surface area (Å²) in [7, 11) is -3.04. The molecule has 1 rings (SSSR count). The molecule has 0 saturated heterocycles. The van der Waals surface area contributed by atoms with E-state index in [-0.39, 0.29) is 18.1 Å². The van der Waals surface area contributed by atoms with E-state index in [0.717, 1.165) is 4.47 Å². The summed E-state index contributed by atoms with van der Waals surface area (Å²) in [6, 6.07) is 5.29. The smallest absolute Gasteiger partial charge is 0.153 e. The average Bonchev–Trinajstić information content (AvgIpc) is 2.28. The zero-order valence-electron chi connectivity index (χ0n) is 11.1. The molecule has 19 heavy (non-hydrogen) atoms. The minimum atomic E-state index is -3.04. The van der Waals surface area contributed by atoms with E-state index in [1.54, 1.807) is 19.1 Å². The number of aliphatic hydroxyl groups is 1. The number of hydrogen-bond donors (Lipinski definition) is 1. The van der Waals surface area contributed by atoms with Crippen LogP contribution in [0.2, 0.25) is 0 Å². The van der Waals surface area contributed by atoms with E-state index in [9.17, 15) is 13.5 Å². The summed E-state index contributed by atoms with van der Waals surface area (Å²) in [4.78, 5) is 0. The second-order valence-corrected chi connectivity index (χ2v) is 7.58. The highest BCUT2D eigenvalue weighted by atomic mass is 79.9. The fourth-order valence-electron chi connectivity index (χ4n) is 1.67. The molecule has 1 aromatic carbocycles. The average molecular weight is 351 g/mol. The maximum Gasteiger partial charge on any atom is 0.153 e. The van der Waals surface area contributed by atoms with E-state index in [4.69, 9.17) is 4.74 Å². The van der Waals surface area contributed by atoms with E-state index in [2.05, 4.69) is 15.9 Å². The zero-order chi connectivity index (χ0) is 14.5. The molecule has 0 heterocycles. The van der Waals surface area contributed by atoms with Crippen molar-refractivity contribution in [3.8, 4) is 5.75 Å². The van der Waals surface area contributed by atoms with E-state index in [1.165, 1.54) is 0 Å². The van der Waals surface area contributed by atoms with Crippen molar-refractivity contribution in [3.63, 3.8) is 0 Å². The molecule has 0 saturated carbocycles. The van der Waals surface area contributed by atoms with Gasteiger partial charge in [0.25, 0.3) is 0 Å². The molecule has 1 N–H and O–H groups in total. The van der Waals surface area contributed by atoms with Crippen LogP contribution in [-0.2, 0) is 9.84 Å². The van der Waals surface area contributed by atoms with Crippen molar-refractivity contribution >= 4 is 25.8 Å². The SMILES string of the molecule is CCCS(=O)(=O)CCOc1cc(Br)ccc1[C@@H](C)O. The van der Waals surface area contributed by atoms with Crippen LogP contribution in [0.1, 0.15) is 31.9 Å². The van der Waals surface area contributed by atoms with Gasteiger partial charge in [-0.05, 0) is 25.5 Å².